The lowest BCUT2D eigenvalue weighted by molar-refractivity contribution is -0.119. The Balaban J connectivity index is 1.40. The van der Waals surface area contributed by atoms with Gasteiger partial charge >= 0.3 is 0 Å². The molecule has 4 N–H and O–H groups in total. The molecule has 3 aromatic heterocycles. The fourth-order valence-corrected chi connectivity index (χ4v) is 5.31. The highest BCUT2D eigenvalue weighted by Crippen LogP contribution is 2.50. The smallest absolute Gasteiger partial charge is 0.240 e. The summed E-state index contributed by atoms with van der Waals surface area (Å²) in [5.41, 5.74) is 7.75. The number of carbonyl (C=O) groups is 1. The van der Waals surface area contributed by atoms with Gasteiger partial charge in [0.05, 0.1) is 10.2 Å². The molecule has 3 aromatic rings. The fourth-order valence-electron chi connectivity index (χ4n) is 4.41. The van der Waals surface area contributed by atoms with Crippen LogP contribution in [0.1, 0.15) is 35.8 Å². The first-order valence-corrected chi connectivity index (χ1v) is 10.5. The summed E-state index contributed by atoms with van der Waals surface area (Å²) in [6.45, 7) is 2.85. The number of aryl methyl sites for hydroxylation is 1. The normalized spacial score (nSPS) is 25.9. The van der Waals surface area contributed by atoms with Crippen molar-refractivity contribution in [1.29, 1.82) is 0 Å². The second kappa shape index (κ2) is 5.66. The number of aromatic amines is 1. The molecule has 3 atom stereocenters. The maximum Gasteiger partial charge on any atom is 0.240 e. The molecule has 1 amide bonds. The van der Waals surface area contributed by atoms with Crippen LogP contribution < -0.4 is 16.0 Å². The number of H-pyrrole nitrogens is 1. The molecule has 28 heavy (non-hydrogen) atoms. The van der Waals surface area contributed by atoms with Crippen molar-refractivity contribution >= 4 is 45.0 Å². The van der Waals surface area contributed by atoms with Gasteiger partial charge in [0.1, 0.15) is 6.04 Å². The molecule has 144 valence electrons. The number of hydrogen-bond acceptors (Lipinski definition) is 7. The molecule has 0 unspecified atom stereocenters. The van der Waals surface area contributed by atoms with Crippen LogP contribution in [0.4, 0.5) is 17.6 Å². The van der Waals surface area contributed by atoms with Crippen molar-refractivity contribution in [2.75, 3.05) is 16.8 Å². The topological polar surface area (TPSA) is 113 Å². The number of carbonyl (C=O) groups excluding carboxylic acids is 1. The monoisotopic (exact) mass is 395 g/mol. The van der Waals surface area contributed by atoms with E-state index in [0.29, 0.717) is 23.7 Å². The summed E-state index contributed by atoms with van der Waals surface area (Å²) in [5, 5.41) is 10.9. The molecule has 2 aliphatic carbocycles. The highest BCUT2D eigenvalue weighted by molar-refractivity contribution is 7.19. The number of nitrogens with one attached hydrogen (secondary N) is 2. The molecule has 0 spiro atoms. The maximum atomic E-state index is 12.0. The Hall–Kier alpha value is -2.68. The minimum absolute atomic E-state index is 0.286. The van der Waals surface area contributed by atoms with Gasteiger partial charge in [0, 0.05) is 29.1 Å². The van der Waals surface area contributed by atoms with E-state index in [4.69, 9.17) is 15.7 Å². The molecule has 3 fully saturated rings. The van der Waals surface area contributed by atoms with E-state index in [1.807, 2.05) is 4.90 Å². The molecule has 8 nitrogen and oxygen atoms in total. The zero-order valence-electron chi connectivity index (χ0n) is 15.5. The number of primary amides is 1. The standard InChI is InChI=1S/C19H21N7OS/c1-8-4-13-16(28-8)18(22-14-6-12(24-25-14)9-2-3-9)23-19(21-13)26-7-10-5-11(10)15(26)17(20)27/h4,6,9-11,15H,2-3,5,7H2,1H3,(H2,20,27)(H2,21,22,23,24,25)/t10-,11-,15+/m1/s1. The van der Waals surface area contributed by atoms with E-state index in [2.05, 4.69) is 34.6 Å². The third-order valence-electron chi connectivity index (χ3n) is 6.04. The van der Waals surface area contributed by atoms with E-state index in [1.54, 1.807) is 11.3 Å². The number of amides is 1. The van der Waals surface area contributed by atoms with Gasteiger partial charge in [-0.3, -0.25) is 9.89 Å². The van der Waals surface area contributed by atoms with Gasteiger partial charge in [-0.2, -0.15) is 10.1 Å². The van der Waals surface area contributed by atoms with Gasteiger partial charge in [0.15, 0.2) is 11.6 Å². The van der Waals surface area contributed by atoms with Gasteiger partial charge in [-0.1, -0.05) is 0 Å². The van der Waals surface area contributed by atoms with Gasteiger partial charge in [-0.25, -0.2) is 4.98 Å². The lowest BCUT2D eigenvalue weighted by Gasteiger charge is -2.25. The van der Waals surface area contributed by atoms with Crippen molar-refractivity contribution < 1.29 is 4.79 Å². The summed E-state index contributed by atoms with van der Waals surface area (Å²) in [5.74, 6) is 3.27. The first-order valence-electron chi connectivity index (χ1n) is 9.73. The highest BCUT2D eigenvalue weighted by Gasteiger charge is 2.55. The SMILES string of the molecule is Cc1cc2nc(N3C[C@H]4C[C@H]4[C@H]3C(N)=O)nc(Nc3cc(C4CC4)[nH]n3)c2s1. The van der Waals surface area contributed by atoms with E-state index < -0.39 is 0 Å². The molecule has 0 aromatic carbocycles. The Bertz CT molecular complexity index is 1100. The van der Waals surface area contributed by atoms with Crippen LogP contribution in [-0.2, 0) is 4.79 Å². The Kier molecular flexibility index (Phi) is 3.30. The van der Waals surface area contributed by atoms with Gasteiger partial charge in [0.2, 0.25) is 11.9 Å². The van der Waals surface area contributed by atoms with Crippen LogP contribution in [0.15, 0.2) is 12.1 Å². The number of rotatable bonds is 5. The first-order chi connectivity index (χ1) is 13.6. The van der Waals surface area contributed by atoms with E-state index in [0.717, 1.165) is 34.8 Å². The predicted molar refractivity (Wildman–Crippen MR) is 108 cm³/mol. The third-order valence-corrected chi connectivity index (χ3v) is 7.09. The molecule has 2 saturated carbocycles. The zero-order chi connectivity index (χ0) is 19.0. The summed E-state index contributed by atoms with van der Waals surface area (Å²) < 4.78 is 0.997. The lowest BCUT2D eigenvalue weighted by atomic mass is 10.2. The minimum Gasteiger partial charge on any atom is -0.368 e. The minimum atomic E-state index is -0.304. The van der Waals surface area contributed by atoms with Crippen molar-refractivity contribution in [3.05, 3.63) is 22.7 Å². The Labute approximate surface area is 165 Å². The highest BCUT2D eigenvalue weighted by atomic mass is 32.1. The summed E-state index contributed by atoms with van der Waals surface area (Å²) in [6, 6.07) is 3.82. The Morgan fingerprint density at radius 1 is 1.36 bits per heavy atom. The zero-order valence-corrected chi connectivity index (χ0v) is 16.3. The van der Waals surface area contributed by atoms with E-state index in [-0.39, 0.29) is 11.9 Å². The summed E-state index contributed by atoms with van der Waals surface area (Å²) in [6.07, 6.45) is 3.52. The molecule has 9 heteroatoms. The molecule has 0 radical (unpaired) electrons. The molecule has 1 saturated heterocycles. The Morgan fingerprint density at radius 3 is 3.00 bits per heavy atom. The number of piperidine rings is 1. The lowest BCUT2D eigenvalue weighted by Crippen LogP contribution is -2.44. The van der Waals surface area contributed by atoms with Crippen molar-refractivity contribution in [3.63, 3.8) is 0 Å². The molecule has 4 heterocycles. The van der Waals surface area contributed by atoms with Gasteiger partial charge in [-0.05, 0) is 44.1 Å². The van der Waals surface area contributed by atoms with Crippen molar-refractivity contribution in [1.82, 2.24) is 20.2 Å². The number of nitrogens with zero attached hydrogens (tertiary/aromatic N) is 4. The molecule has 1 aliphatic heterocycles. The summed E-state index contributed by atoms with van der Waals surface area (Å²) in [7, 11) is 0. The van der Waals surface area contributed by atoms with Crippen LogP contribution in [-0.4, -0.2) is 38.7 Å². The average Bonchev–Trinajstić information content (AvgIpc) is 3.52. The summed E-state index contributed by atoms with van der Waals surface area (Å²) >= 11 is 1.66. The van der Waals surface area contributed by atoms with Crippen LogP contribution in [0.5, 0.6) is 0 Å². The van der Waals surface area contributed by atoms with E-state index >= 15 is 0 Å². The molecular weight excluding hydrogens is 374 g/mol. The van der Waals surface area contributed by atoms with Crippen LogP contribution in [0.3, 0.4) is 0 Å². The van der Waals surface area contributed by atoms with Gasteiger partial charge in [0.25, 0.3) is 0 Å². The van der Waals surface area contributed by atoms with Crippen LogP contribution in [0, 0.1) is 18.8 Å². The molecular formula is C19H21N7OS. The second-order valence-electron chi connectivity index (χ2n) is 8.21. The van der Waals surface area contributed by atoms with E-state index in [1.165, 1.54) is 23.4 Å². The number of anilines is 3. The molecule has 6 rings (SSSR count). The quantitative estimate of drug-likeness (QED) is 0.612. The largest absolute Gasteiger partial charge is 0.368 e. The number of nitrogens with two attached hydrogens (primary N) is 1. The predicted octanol–water partition coefficient (Wildman–Crippen LogP) is 2.65. The molecule has 3 aliphatic rings. The Morgan fingerprint density at radius 2 is 2.21 bits per heavy atom. The number of hydrogen-bond donors (Lipinski definition) is 3. The number of fused-ring (bicyclic) bond motifs is 2. The second-order valence-corrected chi connectivity index (χ2v) is 9.47. The van der Waals surface area contributed by atoms with E-state index in [9.17, 15) is 4.79 Å². The van der Waals surface area contributed by atoms with Crippen LogP contribution in [0.25, 0.3) is 10.2 Å². The van der Waals surface area contributed by atoms with Crippen LogP contribution >= 0.6 is 11.3 Å². The van der Waals surface area contributed by atoms with Crippen LogP contribution in [0.2, 0.25) is 0 Å². The van der Waals surface area contributed by atoms with Gasteiger partial charge in [-0.15, -0.1) is 11.3 Å². The molecule has 0 bridgehead atoms. The summed E-state index contributed by atoms with van der Waals surface area (Å²) in [4.78, 5) is 24.8. The number of thiophene rings is 1. The average molecular weight is 395 g/mol. The van der Waals surface area contributed by atoms with Crippen molar-refractivity contribution in [2.45, 2.75) is 38.1 Å². The van der Waals surface area contributed by atoms with Crippen molar-refractivity contribution in [2.24, 2.45) is 17.6 Å². The maximum absolute atomic E-state index is 12.0. The number of aromatic nitrogens is 4. The van der Waals surface area contributed by atoms with Crippen molar-refractivity contribution in [3.8, 4) is 0 Å². The first kappa shape index (κ1) is 16.3. The van der Waals surface area contributed by atoms with Gasteiger partial charge < -0.3 is 16.0 Å². The third kappa shape index (κ3) is 2.56. The fraction of sp³-hybridized carbons (Fsp3) is 0.474.